The van der Waals surface area contributed by atoms with E-state index in [9.17, 15) is 4.79 Å². The fourth-order valence-electron chi connectivity index (χ4n) is 3.38. The SMILES string of the molecule is Cc1nnc(NC(=O)CC2CC3CCC2C3)s1. The molecule has 2 saturated carbocycles. The van der Waals surface area contributed by atoms with Crippen molar-refractivity contribution in [1.29, 1.82) is 0 Å². The second-order valence-corrected chi connectivity index (χ2v) is 6.50. The average Bonchev–Trinajstić information content (AvgIpc) is 2.95. The highest BCUT2D eigenvalue weighted by atomic mass is 32.1. The summed E-state index contributed by atoms with van der Waals surface area (Å²) in [6, 6.07) is 0. The fraction of sp³-hybridized carbons (Fsp3) is 0.750. The van der Waals surface area contributed by atoms with E-state index in [-0.39, 0.29) is 5.91 Å². The molecule has 2 aliphatic carbocycles. The summed E-state index contributed by atoms with van der Waals surface area (Å²) in [6.07, 6.45) is 6.00. The number of anilines is 1. The van der Waals surface area contributed by atoms with Crippen molar-refractivity contribution in [2.45, 2.75) is 39.0 Å². The van der Waals surface area contributed by atoms with Crippen LogP contribution in [0.2, 0.25) is 0 Å². The van der Waals surface area contributed by atoms with Crippen LogP contribution in [0, 0.1) is 24.7 Å². The van der Waals surface area contributed by atoms with E-state index >= 15 is 0 Å². The number of amides is 1. The van der Waals surface area contributed by atoms with E-state index in [0.29, 0.717) is 17.5 Å². The highest BCUT2D eigenvalue weighted by Crippen LogP contribution is 2.49. The van der Waals surface area contributed by atoms with Gasteiger partial charge in [-0.25, -0.2) is 0 Å². The Morgan fingerprint density at radius 1 is 1.41 bits per heavy atom. The molecule has 0 aromatic carbocycles. The molecule has 3 atom stereocenters. The maximum Gasteiger partial charge on any atom is 0.226 e. The summed E-state index contributed by atoms with van der Waals surface area (Å²) in [4.78, 5) is 11.9. The van der Waals surface area contributed by atoms with Gasteiger partial charge in [-0.05, 0) is 43.9 Å². The quantitative estimate of drug-likeness (QED) is 0.898. The first-order chi connectivity index (χ1) is 8.20. The van der Waals surface area contributed by atoms with E-state index in [1.54, 1.807) is 0 Å². The molecule has 92 valence electrons. The van der Waals surface area contributed by atoms with E-state index < -0.39 is 0 Å². The smallest absolute Gasteiger partial charge is 0.226 e. The largest absolute Gasteiger partial charge is 0.301 e. The molecule has 0 aliphatic heterocycles. The maximum absolute atomic E-state index is 11.9. The van der Waals surface area contributed by atoms with Crippen molar-refractivity contribution in [3.05, 3.63) is 5.01 Å². The number of nitrogens with one attached hydrogen (secondary N) is 1. The Bertz CT molecular complexity index is 431. The number of carbonyl (C=O) groups excluding carboxylic acids is 1. The van der Waals surface area contributed by atoms with Crippen LogP contribution in [-0.2, 0) is 4.79 Å². The van der Waals surface area contributed by atoms with Gasteiger partial charge in [0.15, 0.2) is 0 Å². The number of hydrogen-bond acceptors (Lipinski definition) is 4. The van der Waals surface area contributed by atoms with Gasteiger partial charge >= 0.3 is 0 Å². The Kier molecular flexibility index (Phi) is 2.86. The first kappa shape index (κ1) is 11.1. The summed E-state index contributed by atoms with van der Waals surface area (Å²) in [5.41, 5.74) is 0. The molecule has 0 radical (unpaired) electrons. The summed E-state index contributed by atoms with van der Waals surface area (Å²) in [5.74, 6) is 2.44. The number of aryl methyl sites for hydroxylation is 1. The van der Waals surface area contributed by atoms with Crippen LogP contribution >= 0.6 is 11.3 Å². The lowest BCUT2D eigenvalue weighted by Crippen LogP contribution is -2.20. The number of nitrogens with zero attached hydrogens (tertiary/aromatic N) is 2. The molecule has 4 nitrogen and oxygen atoms in total. The zero-order chi connectivity index (χ0) is 11.8. The maximum atomic E-state index is 11.9. The molecule has 1 heterocycles. The Balaban J connectivity index is 1.54. The predicted octanol–water partition coefficient (Wildman–Crippen LogP) is 2.61. The normalized spacial score (nSPS) is 30.8. The van der Waals surface area contributed by atoms with Gasteiger partial charge in [0.2, 0.25) is 11.0 Å². The van der Waals surface area contributed by atoms with Crippen LogP contribution in [0.1, 0.15) is 37.1 Å². The molecule has 0 saturated heterocycles. The van der Waals surface area contributed by atoms with Gasteiger partial charge in [0.05, 0.1) is 0 Å². The molecular formula is C12H17N3OS. The van der Waals surface area contributed by atoms with Gasteiger partial charge in [0, 0.05) is 6.42 Å². The number of hydrogen-bond donors (Lipinski definition) is 1. The number of aromatic nitrogens is 2. The standard InChI is InChI=1S/C12H17N3OS/c1-7-14-15-12(17-7)13-11(16)6-10-5-8-2-3-9(10)4-8/h8-10H,2-6H2,1H3,(H,13,15,16). The third-order valence-corrected chi connectivity index (χ3v) is 4.86. The van der Waals surface area contributed by atoms with Crippen molar-refractivity contribution in [2.75, 3.05) is 5.32 Å². The van der Waals surface area contributed by atoms with Crippen molar-refractivity contribution >= 4 is 22.4 Å². The van der Waals surface area contributed by atoms with Crippen LogP contribution in [0.15, 0.2) is 0 Å². The number of fused-ring (bicyclic) bond motifs is 2. The average molecular weight is 251 g/mol. The topological polar surface area (TPSA) is 54.9 Å². The summed E-state index contributed by atoms with van der Waals surface area (Å²) in [6.45, 7) is 1.89. The van der Waals surface area contributed by atoms with E-state index in [0.717, 1.165) is 16.8 Å². The lowest BCUT2D eigenvalue weighted by atomic mass is 9.86. The van der Waals surface area contributed by atoms with Crippen molar-refractivity contribution in [1.82, 2.24) is 10.2 Å². The molecule has 3 rings (SSSR count). The van der Waals surface area contributed by atoms with Gasteiger partial charge in [0.1, 0.15) is 5.01 Å². The minimum absolute atomic E-state index is 0.110. The minimum atomic E-state index is 0.110. The first-order valence-electron chi connectivity index (χ1n) is 6.30. The predicted molar refractivity (Wildman–Crippen MR) is 66.8 cm³/mol. The van der Waals surface area contributed by atoms with Gasteiger partial charge in [-0.15, -0.1) is 10.2 Å². The Labute approximate surface area is 105 Å². The molecule has 17 heavy (non-hydrogen) atoms. The molecule has 2 bridgehead atoms. The summed E-state index contributed by atoms with van der Waals surface area (Å²) >= 11 is 1.44. The fourth-order valence-corrected chi connectivity index (χ4v) is 3.99. The molecule has 1 N–H and O–H groups in total. The van der Waals surface area contributed by atoms with Crippen LogP contribution in [-0.4, -0.2) is 16.1 Å². The molecule has 1 aromatic rings. The Morgan fingerprint density at radius 2 is 2.29 bits per heavy atom. The lowest BCUT2D eigenvalue weighted by molar-refractivity contribution is -0.117. The highest BCUT2D eigenvalue weighted by molar-refractivity contribution is 7.15. The monoisotopic (exact) mass is 251 g/mol. The third kappa shape index (κ3) is 2.34. The number of rotatable bonds is 3. The van der Waals surface area contributed by atoms with Crippen LogP contribution in [0.3, 0.4) is 0 Å². The number of carbonyl (C=O) groups is 1. The molecule has 5 heteroatoms. The van der Waals surface area contributed by atoms with E-state index in [4.69, 9.17) is 0 Å². The van der Waals surface area contributed by atoms with Crippen molar-refractivity contribution in [3.8, 4) is 0 Å². The lowest BCUT2D eigenvalue weighted by Gasteiger charge is -2.20. The Hall–Kier alpha value is -0.970. The molecule has 0 spiro atoms. The van der Waals surface area contributed by atoms with Crippen LogP contribution in [0.5, 0.6) is 0 Å². The minimum Gasteiger partial charge on any atom is -0.301 e. The Morgan fingerprint density at radius 3 is 2.88 bits per heavy atom. The summed E-state index contributed by atoms with van der Waals surface area (Å²) in [7, 11) is 0. The van der Waals surface area contributed by atoms with Crippen LogP contribution < -0.4 is 5.32 Å². The molecule has 1 aromatic heterocycles. The van der Waals surface area contributed by atoms with E-state index in [1.807, 2.05) is 6.92 Å². The first-order valence-corrected chi connectivity index (χ1v) is 7.12. The zero-order valence-electron chi connectivity index (χ0n) is 9.98. The summed E-state index contributed by atoms with van der Waals surface area (Å²) < 4.78 is 0. The van der Waals surface area contributed by atoms with Gasteiger partial charge in [-0.1, -0.05) is 17.8 Å². The third-order valence-electron chi connectivity index (χ3n) is 4.10. The van der Waals surface area contributed by atoms with Gasteiger partial charge in [-0.2, -0.15) is 0 Å². The summed E-state index contributed by atoms with van der Waals surface area (Å²) in [5, 5.41) is 12.2. The molecule has 1 amide bonds. The van der Waals surface area contributed by atoms with Gasteiger partial charge in [-0.3, -0.25) is 4.79 Å². The van der Waals surface area contributed by atoms with E-state index in [1.165, 1.54) is 37.0 Å². The van der Waals surface area contributed by atoms with Gasteiger partial charge in [0.25, 0.3) is 0 Å². The van der Waals surface area contributed by atoms with E-state index in [2.05, 4.69) is 15.5 Å². The molecule has 2 fully saturated rings. The van der Waals surface area contributed by atoms with Gasteiger partial charge < -0.3 is 5.32 Å². The van der Waals surface area contributed by atoms with Crippen molar-refractivity contribution < 1.29 is 4.79 Å². The highest BCUT2D eigenvalue weighted by Gasteiger charge is 2.40. The van der Waals surface area contributed by atoms with Crippen molar-refractivity contribution in [2.24, 2.45) is 17.8 Å². The zero-order valence-corrected chi connectivity index (χ0v) is 10.8. The molecule has 3 unspecified atom stereocenters. The molecular weight excluding hydrogens is 234 g/mol. The second kappa shape index (κ2) is 4.37. The second-order valence-electron chi connectivity index (χ2n) is 5.31. The van der Waals surface area contributed by atoms with Crippen LogP contribution in [0.4, 0.5) is 5.13 Å². The van der Waals surface area contributed by atoms with Crippen molar-refractivity contribution in [3.63, 3.8) is 0 Å². The van der Waals surface area contributed by atoms with Crippen LogP contribution in [0.25, 0.3) is 0 Å². The molecule has 2 aliphatic rings.